The fourth-order valence-electron chi connectivity index (χ4n) is 3.55. The van der Waals surface area contributed by atoms with Gasteiger partial charge in [0.15, 0.2) is 0 Å². The van der Waals surface area contributed by atoms with Gasteiger partial charge in [0.1, 0.15) is 23.6 Å². The van der Waals surface area contributed by atoms with Gasteiger partial charge in [0.2, 0.25) is 5.91 Å². The minimum atomic E-state index is -1.26. The zero-order chi connectivity index (χ0) is 24.4. The van der Waals surface area contributed by atoms with E-state index in [2.05, 4.69) is 5.32 Å². The summed E-state index contributed by atoms with van der Waals surface area (Å²) < 4.78 is 18.7. The van der Waals surface area contributed by atoms with Crippen molar-refractivity contribution in [2.75, 3.05) is 5.32 Å². The van der Waals surface area contributed by atoms with E-state index in [0.29, 0.717) is 22.8 Å². The minimum Gasteiger partial charge on any atom is -0.478 e. The van der Waals surface area contributed by atoms with Gasteiger partial charge in [-0.1, -0.05) is 29.8 Å². The number of carbonyl (C=O) groups is 3. The number of nitrogens with one attached hydrogen (secondary N) is 1. The molecule has 0 saturated carbocycles. The summed E-state index contributed by atoms with van der Waals surface area (Å²) in [6, 6.07) is 15.1. The molecule has 1 heterocycles. The van der Waals surface area contributed by atoms with Crippen molar-refractivity contribution < 1.29 is 28.3 Å². The number of halogens is 2. The first-order valence-electron chi connectivity index (χ1n) is 9.89. The predicted octanol–water partition coefficient (Wildman–Crippen LogP) is 4.87. The van der Waals surface area contributed by atoms with Crippen LogP contribution in [0.5, 0.6) is 0 Å². The number of aromatic carboxylic acids is 1. The molecule has 9 heteroatoms. The Hall–Kier alpha value is -4.30. The molecule has 1 atom stereocenters. The van der Waals surface area contributed by atoms with Crippen molar-refractivity contribution in [2.24, 2.45) is 0 Å². The van der Waals surface area contributed by atoms with Gasteiger partial charge < -0.3 is 19.6 Å². The zero-order valence-corrected chi connectivity index (χ0v) is 18.0. The van der Waals surface area contributed by atoms with E-state index >= 15 is 0 Å². The number of hydrogen-bond donors (Lipinski definition) is 2. The van der Waals surface area contributed by atoms with E-state index in [1.165, 1.54) is 54.6 Å². The number of fused-ring (bicyclic) bond motifs is 1. The molecule has 4 rings (SSSR count). The first-order valence-corrected chi connectivity index (χ1v) is 10.3. The summed E-state index contributed by atoms with van der Waals surface area (Å²) in [5.74, 6) is -3.65. The molecule has 34 heavy (non-hydrogen) atoms. The van der Waals surface area contributed by atoms with Crippen molar-refractivity contribution in [3.05, 3.63) is 99.1 Å². The van der Waals surface area contributed by atoms with Crippen molar-refractivity contribution >= 4 is 46.4 Å². The molecule has 1 aromatic heterocycles. The molecule has 0 aliphatic rings. The maximum Gasteiger partial charge on any atom is 0.336 e. The summed E-state index contributed by atoms with van der Waals surface area (Å²) in [4.78, 5) is 47.9. The lowest BCUT2D eigenvalue weighted by Gasteiger charge is -2.13. The molecule has 0 radical (unpaired) electrons. The highest BCUT2D eigenvalue weighted by Gasteiger charge is 2.22. The van der Waals surface area contributed by atoms with Gasteiger partial charge in [-0.15, -0.1) is 0 Å². The van der Waals surface area contributed by atoms with Crippen LogP contribution >= 0.6 is 11.6 Å². The van der Waals surface area contributed by atoms with Crippen LogP contribution in [0.3, 0.4) is 0 Å². The second-order valence-corrected chi connectivity index (χ2v) is 7.76. The average molecular weight is 480 g/mol. The lowest BCUT2D eigenvalue weighted by atomic mass is 9.95. The zero-order valence-electron chi connectivity index (χ0n) is 17.2. The number of carbonyl (C=O) groups excluding carboxylic acids is 2. The molecular weight excluding hydrogens is 465 g/mol. The van der Waals surface area contributed by atoms with Crippen LogP contribution in [0.1, 0.15) is 21.8 Å². The summed E-state index contributed by atoms with van der Waals surface area (Å²) >= 11 is 6.16. The highest BCUT2D eigenvalue weighted by Crippen LogP contribution is 2.34. The first kappa shape index (κ1) is 22.9. The predicted molar refractivity (Wildman–Crippen MR) is 124 cm³/mol. The number of aldehydes is 1. The van der Waals surface area contributed by atoms with E-state index in [4.69, 9.17) is 21.1 Å². The molecule has 170 valence electrons. The van der Waals surface area contributed by atoms with Crippen molar-refractivity contribution in [3.63, 3.8) is 0 Å². The minimum absolute atomic E-state index is 0.0279. The van der Waals surface area contributed by atoms with E-state index in [1.54, 1.807) is 6.07 Å². The second kappa shape index (κ2) is 9.29. The Morgan fingerprint density at radius 1 is 1.03 bits per heavy atom. The Balaban J connectivity index is 1.72. The normalized spacial score (nSPS) is 11.7. The number of anilines is 1. The largest absolute Gasteiger partial charge is 0.478 e. The van der Waals surface area contributed by atoms with Gasteiger partial charge in [-0.05, 0) is 48.0 Å². The first-order chi connectivity index (χ1) is 16.3. The fraction of sp³-hybridized carbons (Fsp3) is 0.0400. The summed E-state index contributed by atoms with van der Waals surface area (Å²) in [5, 5.41) is 12.2. The lowest BCUT2D eigenvalue weighted by Crippen LogP contribution is -2.22. The molecule has 0 unspecified atom stereocenters. The third-order valence-electron chi connectivity index (χ3n) is 5.14. The van der Waals surface area contributed by atoms with E-state index in [1.807, 2.05) is 0 Å². The van der Waals surface area contributed by atoms with E-state index in [-0.39, 0.29) is 27.4 Å². The molecule has 0 aliphatic carbocycles. The van der Waals surface area contributed by atoms with Gasteiger partial charge in [-0.3, -0.25) is 4.79 Å². The lowest BCUT2D eigenvalue weighted by molar-refractivity contribution is -0.122. The standard InChI is InChI=1S/C25H15ClFNO6/c26-21-10-15(27)5-7-17(21)19-11-23(30)34-22-9-13(4-6-18(19)22)20(12-29)24(31)28-16-3-1-2-14(8-16)25(32)33/h1-12,20H,(H,28,31)(H,32,33)/t20-/m0/s1. The molecule has 0 fully saturated rings. The van der Waals surface area contributed by atoms with Gasteiger partial charge in [-0.25, -0.2) is 14.0 Å². The number of carboxylic acid groups (broad SMARTS) is 1. The van der Waals surface area contributed by atoms with Crippen LogP contribution in [0.25, 0.3) is 22.1 Å². The summed E-state index contributed by atoms with van der Waals surface area (Å²) in [5.41, 5.74) is 0.653. The van der Waals surface area contributed by atoms with Crippen LogP contribution in [0.4, 0.5) is 10.1 Å². The number of carboxylic acids is 1. The molecule has 2 N–H and O–H groups in total. The van der Waals surface area contributed by atoms with Gasteiger partial charge in [0, 0.05) is 28.3 Å². The average Bonchev–Trinajstić information content (AvgIpc) is 2.79. The highest BCUT2D eigenvalue weighted by atomic mass is 35.5. The summed E-state index contributed by atoms with van der Waals surface area (Å²) in [6.07, 6.45) is 0.427. The number of benzene rings is 3. The third kappa shape index (κ3) is 4.57. The monoisotopic (exact) mass is 479 g/mol. The van der Waals surface area contributed by atoms with Crippen molar-refractivity contribution in [1.29, 1.82) is 0 Å². The molecule has 0 saturated heterocycles. The maximum absolute atomic E-state index is 13.5. The fourth-order valence-corrected chi connectivity index (χ4v) is 3.81. The Morgan fingerprint density at radius 3 is 2.53 bits per heavy atom. The second-order valence-electron chi connectivity index (χ2n) is 7.35. The van der Waals surface area contributed by atoms with Crippen LogP contribution in [0.15, 0.2) is 75.9 Å². The van der Waals surface area contributed by atoms with Gasteiger partial charge in [0.05, 0.1) is 10.6 Å². The van der Waals surface area contributed by atoms with E-state index < -0.39 is 29.2 Å². The molecule has 0 aliphatic heterocycles. The number of rotatable bonds is 6. The molecule has 7 nitrogen and oxygen atoms in total. The van der Waals surface area contributed by atoms with Gasteiger partial charge in [-0.2, -0.15) is 0 Å². The topological polar surface area (TPSA) is 114 Å². The van der Waals surface area contributed by atoms with E-state index in [9.17, 15) is 23.6 Å². The van der Waals surface area contributed by atoms with Crippen molar-refractivity contribution in [2.45, 2.75) is 5.92 Å². The molecular formula is C25H15ClFNO6. The van der Waals surface area contributed by atoms with Crippen molar-refractivity contribution in [3.8, 4) is 11.1 Å². The van der Waals surface area contributed by atoms with Gasteiger partial charge >= 0.3 is 11.6 Å². The Morgan fingerprint density at radius 2 is 1.82 bits per heavy atom. The Labute approximate surface area is 196 Å². The maximum atomic E-state index is 13.5. The Kier molecular flexibility index (Phi) is 6.25. The van der Waals surface area contributed by atoms with Crippen LogP contribution in [-0.4, -0.2) is 23.3 Å². The van der Waals surface area contributed by atoms with E-state index in [0.717, 1.165) is 6.07 Å². The van der Waals surface area contributed by atoms with Gasteiger partial charge in [0.25, 0.3) is 0 Å². The number of amides is 1. The SMILES string of the molecule is O=C[C@H](C(=O)Nc1cccc(C(=O)O)c1)c1ccc2c(-c3ccc(F)cc3Cl)cc(=O)oc2c1. The molecule has 1 amide bonds. The summed E-state index contributed by atoms with van der Waals surface area (Å²) in [6.45, 7) is 0. The number of hydrogen-bond acceptors (Lipinski definition) is 5. The van der Waals surface area contributed by atoms with Crippen LogP contribution in [-0.2, 0) is 9.59 Å². The quantitative estimate of drug-likeness (QED) is 0.232. The molecule has 3 aromatic carbocycles. The molecule has 0 spiro atoms. The summed E-state index contributed by atoms with van der Waals surface area (Å²) in [7, 11) is 0. The highest BCUT2D eigenvalue weighted by molar-refractivity contribution is 6.33. The smallest absolute Gasteiger partial charge is 0.336 e. The molecule has 0 bridgehead atoms. The van der Waals surface area contributed by atoms with Crippen LogP contribution in [0, 0.1) is 5.82 Å². The van der Waals surface area contributed by atoms with Crippen molar-refractivity contribution in [1.82, 2.24) is 0 Å². The third-order valence-corrected chi connectivity index (χ3v) is 5.46. The molecule has 4 aromatic rings. The Bertz CT molecular complexity index is 1510. The van der Waals surface area contributed by atoms with Crippen LogP contribution in [0.2, 0.25) is 5.02 Å². The van der Waals surface area contributed by atoms with Crippen LogP contribution < -0.4 is 10.9 Å².